The molecule has 3 rings (SSSR count). The number of carbonyl (C=O) groups is 1. The fraction of sp³-hybridized carbons (Fsp3) is 0.348. The highest BCUT2D eigenvalue weighted by molar-refractivity contribution is 9.10. The average Bonchev–Trinajstić information content (AvgIpc) is 3.11. The molecule has 0 fully saturated rings. The summed E-state index contributed by atoms with van der Waals surface area (Å²) < 4.78 is 3.11. The van der Waals surface area contributed by atoms with Crippen LogP contribution in [-0.2, 0) is 6.54 Å². The molecule has 0 amide bonds. The summed E-state index contributed by atoms with van der Waals surface area (Å²) in [6, 6.07) is 17.9. The number of thioether (sulfide) groups is 1. The summed E-state index contributed by atoms with van der Waals surface area (Å²) in [5, 5.41) is 9.52. The molecule has 1 heterocycles. The van der Waals surface area contributed by atoms with Crippen molar-refractivity contribution in [2.75, 3.05) is 14.1 Å². The number of halogens is 1. The Kier molecular flexibility index (Phi) is 7.86. The summed E-state index contributed by atoms with van der Waals surface area (Å²) in [6.07, 6.45) is 0.929. The van der Waals surface area contributed by atoms with Crippen molar-refractivity contribution in [3.63, 3.8) is 0 Å². The van der Waals surface area contributed by atoms with Crippen LogP contribution in [0.4, 0.5) is 0 Å². The van der Waals surface area contributed by atoms with Crippen molar-refractivity contribution in [1.82, 2.24) is 19.7 Å². The number of hydrogen-bond acceptors (Lipinski definition) is 5. The predicted octanol–water partition coefficient (Wildman–Crippen LogP) is 5.47. The molecule has 5 nitrogen and oxygen atoms in total. The summed E-state index contributed by atoms with van der Waals surface area (Å²) in [5.41, 5.74) is 1.88. The Morgan fingerprint density at radius 1 is 1.10 bits per heavy atom. The number of carbonyl (C=O) groups excluding carboxylic acids is 1. The second-order valence-electron chi connectivity index (χ2n) is 7.43. The molecule has 0 saturated carbocycles. The van der Waals surface area contributed by atoms with Crippen LogP contribution in [0.5, 0.6) is 0 Å². The maximum absolute atomic E-state index is 12.9. The van der Waals surface area contributed by atoms with Gasteiger partial charge in [0.2, 0.25) is 0 Å². The molecular weight excluding hydrogens is 460 g/mol. The average molecular weight is 487 g/mol. The van der Waals surface area contributed by atoms with Crippen LogP contribution in [0.15, 0.2) is 64.2 Å². The lowest BCUT2D eigenvalue weighted by Gasteiger charge is -2.23. The molecule has 0 N–H and O–H groups in total. The molecule has 2 aromatic carbocycles. The number of aromatic nitrogens is 3. The third-order valence-electron chi connectivity index (χ3n) is 5.02. The molecule has 2 atom stereocenters. The number of Topliss-reactive ketones (excluding diaryl/α,β-unsaturated/α-hetero) is 1. The Labute approximate surface area is 191 Å². The fourth-order valence-electron chi connectivity index (χ4n) is 3.39. The van der Waals surface area contributed by atoms with Gasteiger partial charge in [-0.25, -0.2) is 0 Å². The molecule has 3 aromatic rings. The lowest BCUT2D eigenvalue weighted by Crippen LogP contribution is -2.23. The van der Waals surface area contributed by atoms with Crippen molar-refractivity contribution >= 4 is 33.5 Å². The second-order valence-corrected chi connectivity index (χ2v) is 9.66. The summed E-state index contributed by atoms with van der Waals surface area (Å²) in [6.45, 7) is 4.76. The summed E-state index contributed by atoms with van der Waals surface area (Å²) in [5.74, 6) is 1.01. The first-order chi connectivity index (χ1) is 14.4. The van der Waals surface area contributed by atoms with Crippen molar-refractivity contribution in [1.29, 1.82) is 0 Å². The van der Waals surface area contributed by atoms with Crippen LogP contribution in [0.25, 0.3) is 0 Å². The Morgan fingerprint density at radius 2 is 1.77 bits per heavy atom. The first-order valence-corrected chi connectivity index (χ1v) is 11.7. The molecule has 0 radical (unpaired) electrons. The van der Waals surface area contributed by atoms with Gasteiger partial charge in [0.25, 0.3) is 0 Å². The van der Waals surface area contributed by atoms with E-state index in [2.05, 4.69) is 68.7 Å². The van der Waals surface area contributed by atoms with Gasteiger partial charge in [0, 0.05) is 10.0 Å². The van der Waals surface area contributed by atoms with Gasteiger partial charge in [0.05, 0.1) is 17.8 Å². The molecule has 30 heavy (non-hydrogen) atoms. The van der Waals surface area contributed by atoms with Gasteiger partial charge in [0.1, 0.15) is 0 Å². The third kappa shape index (κ3) is 5.39. The van der Waals surface area contributed by atoms with Crippen molar-refractivity contribution in [3.05, 3.63) is 76.0 Å². The number of rotatable bonds is 9. The van der Waals surface area contributed by atoms with Crippen molar-refractivity contribution in [3.8, 4) is 0 Å². The topological polar surface area (TPSA) is 51.0 Å². The van der Waals surface area contributed by atoms with Crippen LogP contribution in [0.1, 0.15) is 48.1 Å². The lowest BCUT2D eigenvalue weighted by molar-refractivity contribution is 0.0994. The highest BCUT2D eigenvalue weighted by atomic mass is 79.9. The van der Waals surface area contributed by atoms with Gasteiger partial charge in [-0.2, -0.15) is 0 Å². The molecule has 0 aliphatic carbocycles. The fourth-order valence-corrected chi connectivity index (χ4v) is 4.58. The highest BCUT2D eigenvalue weighted by Gasteiger charge is 2.25. The standard InChI is InChI=1S/C23H27BrN4OS/c1-5-20(27(3)4)22-25-26-23(28(22)15-17-9-7-6-8-10-17)30-16(2)21(29)18-11-13-19(24)14-12-18/h6-14,16,20H,5,15H2,1-4H3/t16-,20+/m1/s1. The quantitative estimate of drug-likeness (QED) is 0.296. The van der Waals surface area contributed by atoms with Crippen molar-refractivity contribution in [2.45, 2.75) is 43.3 Å². The van der Waals surface area contributed by atoms with Crippen LogP contribution in [-0.4, -0.2) is 44.8 Å². The summed E-state index contributed by atoms with van der Waals surface area (Å²) in [4.78, 5) is 15.1. The molecule has 1 aromatic heterocycles. The first kappa shape index (κ1) is 22.7. The van der Waals surface area contributed by atoms with Gasteiger partial charge in [0.15, 0.2) is 16.8 Å². The van der Waals surface area contributed by atoms with Crippen LogP contribution in [0.3, 0.4) is 0 Å². The van der Waals surface area contributed by atoms with Gasteiger partial charge in [-0.3, -0.25) is 9.69 Å². The van der Waals surface area contributed by atoms with Gasteiger partial charge < -0.3 is 4.57 Å². The number of hydrogen-bond donors (Lipinski definition) is 0. The minimum atomic E-state index is -0.266. The molecular formula is C23H27BrN4OS. The lowest BCUT2D eigenvalue weighted by atomic mass is 10.1. The van der Waals surface area contributed by atoms with E-state index in [9.17, 15) is 4.79 Å². The predicted molar refractivity (Wildman–Crippen MR) is 126 cm³/mol. The van der Waals surface area contributed by atoms with E-state index in [4.69, 9.17) is 0 Å². The van der Waals surface area contributed by atoms with E-state index < -0.39 is 0 Å². The zero-order valence-electron chi connectivity index (χ0n) is 17.7. The van der Waals surface area contributed by atoms with E-state index in [1.54, 1.807) is 0 Å². The zero-order valence-corrected chi connectivity index (χ0v) is 20.2. The maximum Gasteiger partial charge on any atom is 0.192 e. The third-order valence-corrected chi connectivity index (χ3v) is 6.63. The molecule has 158 valence electrons. The van der Waals surface area contributed by atoms with Crippen molar-refractivity contribution < 1.29 is 4.79 Å². The Hall–Kier alpha value is -1.96. The molecule has 7 heteroatoms. The van der Waals surface area contributed by atoms with E-state index >= 15 is 0 Å². The number of benzene rings is 2. The van der Waals surface area contributed by atoms with Gasteiger partial charge in [-0.1, -0.05) is 77.1 Å². The molecule has 0 bridgehead atoms. The minimum Gasteiger partial charge on any atom is -0.300 e. The van der Waals surface area contributed by atoms with Crippen molar-refractivity contribution in [2.24, 2.45) is 0 Å². The zero-order chi connectivity index (χ0) is 21.7. The SMILES string of the molecule is CC[C@@H](c1nnc(S[C@H](C)C(=O)c2ccc(Br)cc2)n1Cc1ccccc1)N(C)C. The summed E-state index contributed by atoms with van der Waals surface area (Å²) >= 11 is 4.89. The minimum absolute atomic E-state index is 0.0861. The van der Waals surface area contributed by atoms with E-state index in [0.29, 0.717) is 12.1 Å². The number of nitrogens with zero attached hydrogens (tertiary/aromatic N) is 4. The Morgan fingerprint density at radius 3 is 2.37 bits per heavy atom. The smallest absolute Gasteiger partial charge is 0.192 e. The molecule has 0 saturated heterocycles. The summed E-state index contributed by atoms with van der Waals surface area (Å²) in [7, 11) is 4.12. The van der Waals surface area contributed by atoms with Crippen LogP contribution in [0.2, 0.25) is 0 Å². The molecule has 0 spiro atoms. The molecule has 0 aliphatic rings. The van der Waals surface area contributed by atoms with E-state index in [1.807, 2.05) is 49.4 Å². The monoisotopic (exact) mass is 486 g/mol. The maximum atomic E-state index is 12.9. The van der Waals surface area contributed by atoms with E-state index in [0.717, 1.165) is 21.9 Å². The molecule has 0 aliphatic heterocycles. The van der Waals surface area contributed by atoms with Crippen LogP contribution >= 0.6 is 27.7 Å². The first-order valence-electron chi connectivity index (χ1n) is 10.0. The highest BCUT2D eigenvalue weighted by Crippen LogP contribution is 2.29. The van der Waals surface area contributed by atoms with Gasteiger partial charge >= 0.3 is 0 Å². The Bertz CT molecular complexity index is 973. The van der Waals surface area contributed by atoms with E-state index in [1.165, 1.54) is 17.3 Å². The number of ketones is 1. The van der Waals surface area contributed by atoms with Gasteiger partial charge in [-0.15, -0.1) is 10.2 Å². The largest absolute Gasteiger partial charge is 0.300 e. The second kappa shape index (κ2) is 10.4. The molecule has 0 unspecified atom stereocenters. The van der Waals surface area contributed by atoms with Crippen LogP contribution in [0, 0.1) is 0 Å². The Balaban J connectivity index is 1.90. The van der Waals surface area contributed by atoms with Gasteiger partial charge in [-0.05, 0) is 45.1 Å². The normalized spacial score (nSPS) is 13.4. The van der Waals surface area contributed by atoms with E-state index in [-0.39, 0.29) is 17.1 Å². The van der Waals surface area contributed by atoms with Crippen LogP contribution < -0.4 is 0 Å².